The van der Waals surface area contributed by atoms with Gasteiger partial charge in [0.25, 0.3) is 0 Å². The van der Waals surface area contributed by atoms with Gasteiger partial charge in [-0.25, -0.2) is 0 Å². The topological polar surface area (TPSA) is 52.3 Å². The lowest BCUT2D eigenvalue weighted by molar-refractivity contribution is -0.148. The normalized spacial score (nSPS) is 23.6. The first-order chi connectivity index (χ1) is 6.59. The quantitative estimate of drug-likeness (QED) is 0.545. The van der Waals surface area contributed by atoms with Gasteiger partial charge in [-0.3, -0.25) is 4.79 Å². The highest BCUT2D eigenvalue weighted by atomic mass is 16.5. The molecule has 0 aromatic rings. The smallest absolute Gasteiger partial charge is 0.325 e. The Balaban J connectivity index is 2.63. The van der Waals surface area contributed by atoms with Crippen molar-refractivity contribution in [3.8, 4) is 0 Å². The minimum Gasteiger partial charge on any atom is -0.468 e. The molecule has 1 atom stereocenters. The van der Waals surface area contributed by atoms with E-state index in [4.69, 9.17) is 10.5 Å². The van der Waals surface area contributed by atoms with Crippen LogP contribution in [0.15, 0.2) is 0 Å². The van der Waals surface area contributed by atoms with Crippen LogP contribution >= 0.6 is 0 Å². The van der Waals surface area contributed by atoms with Crippen molar-refractivity contribution in [2.45, 2.75) is 51.0 Å². The van der Waals surface area contributed by atoms with Gasteiger partial charge in [-0.05, 0) is 25.7 Å². The molecule has 1 rings (SSSR count). The molecular weight excluding hydrogens is 178 g/mol. The number of methoxy groups -OCH3 is 1. The third-order valence-electron chi connectivity index (χ3n) is 3.33. The molecule has 0 aromatic carbocycles. The van der Waals surface area contributed by atoms with E-state index in [-0.39, 0.29) is 11.9 Å². The predicted octanol–water partition coefficient (Wildman–Crippen LogP) is 1.85. The van der Waals surface area contributed by atoms with Gasteiger partial charge in [-0.1, -0.05) is 25.7 Å². The van der Waals surface area contributed by atoms with Crippen LogP contribution in [0.25, 0.3) is 0 Å². The highest BCUT2D eigenvalue weighted by Gasteiger charge is 2.38. The van der Waals surface area contributed by atoms with Crippen LogP contribution in [-0.4, -0.2) is 18.6 Å². The second-order valence-corrected chi connectivity index (χ2v) is 4.46. The fraction of sp³-hybridized carbons (Fsp3) is 0.909. The number of hydrogen-bond donors (Lipinski definition) is 1. The van der Waals surface area contributed by atoms with Crippen LogP contribution in [0.2, 0.25) is 0 Å². The highest BCUT2D eigenvalue weighted by Crippen LogP contribution is 2.30. The zero-order valence-corrected chi connectivity index (χ0v) is 9.21. The van der Waals surface area contributed by atoms with E-state index in [0.29, 0.717) is 0 Å². The summed E-state index contributed by atoms with van der Waals surface area (Å²) in [6.45, 7) is 1.80. The molecule has 3 heteroatoms. The number of nitrogens with two attached hydrogens (primary N) is 1. The molecule has 1 fully saturated rings. The van der Waals surface area contributed by atoms with E-state index in [1.165, 1.54) is 32.8 Å². The zero-order chi connectivity index (χ0) is 10.6. The largest absolute Gasteiger partial charge is 0.468 e. The summed E-state index contributed by atoms with van der Waals surface area (Å²) in [5.41, 5.74) is 5.25. The van der Waals surface area contributed by atoms with Gasteiger partial charge in [-0.15, -0.1) is 0 Å². The van der Waals surface area contributed by atoms with E-state index in [1.807, 2.05) is 0 Å². The van der Waals surface area contributed by atoms with E-state index in [9.17, 15) is 4.79 Å². The Morgan fingerprint density at radius 1 is 1.29 bits per heavy atom. The fourth-order valence-corrected chi connectivity index (χ4v) is 2.27. The van der Waals surface area contributed by atoms with Gasteiger partial charge in [0.05, 0.1) is 7.11 Å². The maximum atomic E-state index is 11.5. The second-order valence-electron chi connectivity index (χ2n) is 4.46. The van der Waals surface area contributed by atoms with Gasteiger partial charge < -0.3 is 10.5 Å². The van der Waals surface area contributed by atoms with Crippen LogP contribution in [0.4, 0.5) is 0 Å². The van der Waals surface area contributed by atoms with Gasteiger partial charge in [0, 0.05) is 0 Å². The average Bonchev–Trinajstić information content (AvgIpc) is 2.44. The van der Waals surface area contributed by atoms with Crippen molar-refractivity contribution in [1.82, 2.24) is 0 Å². The maximum absolute atomic E-state index is 11.5. The van der Waals surface area contributed by atoms with Crippen molar-refractivity contribution in [3.05, 3.63) is 0 Å². The van der Waals surface area contributed by atoms with Crippen molar-refractivity contribution in [2.24, 2.45) is 11.7 Å². The molecule has 0 heterocycles. The zero-order valence-electron chi connectivity index (χ0n) is 9.21. The first-order valence-electron chi connectivity index (χ1n) is 5.46. The third-order valence-corrected chi connectivity index (χ3v) is 3.33. The molecule has 2 N–H and O–H groups in total. The lowest BCUT2D eigenvalue weighted by Gasteiger charge is -2.30. The van der Waals surface area contributed by atoms with Crippen LogP contribution in [0.3, 0.4) is 0 Å². The molecule has 0 amide bonds. The minimum atomic E-state index is -0.793. The predicted molar refractivity (Wildman–Crippen MR) is 55.8 cm³/mol. The Labute approximate surface area is 86.0 Å². The monoisotopic (exact) mass is 199 g/mol. The first kappa shape index (κ1) is 11.5. The standard InChI is InChI=1S/C11H21NO2/c1-11(12,10(13)14-2)9-7-5-3-4-6-8-9/h9H,3-8,12H2,1-2H3. The van der Waals surface area contributed by atoms with Crippen molar-refractivity contribution < 1.29 is 9.53 Å². The van der Waals surface area contributed by atoms with Gasteiger partial charge in [0.15, 0.2) is 0 Å². The van der Waals surface area contributed by atoms with E-state index in [0.717, 1.165) is 12.8 Å². The number of carbonyl (C=O) groups is 1. The summed E-state index contributed by atoms with van der Waals surface area (Å²) in [5, 5.41) is 0. The Bertz CT molecular complexity index is 193. The van der Waals surface area contributed by atoms with Crippen LogP contribution < -0.4 is 5.73 Å². The summed E-state index contributed by atoms with van der Waals surface area (Å²) in [6.07, 6.45) is 7.04. The molecule has 82 valence electrons. The summed E-state index contributed by atoms with van der Waals surface area (Å²) >= 11 is 0. The second kappa shape index (κ2) is 4.78. The Morgan fingerprint density at radius 3 is 2.21 bits per heavy atom. The number of carbonyl (C=O) groups excluding carboxylic acids is 1. The highest BCUT2D eigenvalue weighted by molar-refractivity contribution is 5.80. The van der Waals surface area contributed by atoms with Gasteiger partial charge in [0.2, 0.25) is 0 Å². The molecule has 0 aliphatic heterocycles. The SMILES string of the molecule is COC(=O)C(C)(N)C1CCCCCC1. The number of esters is 1. The Morgan fingerprint density at radius 2 is 1.79 bits per heavy atom. The van der Waals surface area contributed by atoms with E-state index >= 15 is 0 Å². The summed E-state index contributed by atoms with van der Waals surface area (Å²) in [4.78, 5) is 11.5. The summed E-state index contributed by atoms with van der Waals surface area (Å²) in [7, 11) is 1.41. The molecule has 0 aromatic heterocycles. The van der Waals surface area contributed by atoms with Crippen molar-refractivity contribution in [1.29, 1.82) is 0 Å². The van der Waals surface area contributed by atoms with Gasteiger partial charge in [0.1, 0.15) is 5.54 Å². The first-order valence-corrected chi connectivity index (χ1v) is 5.46. The Kier molecular flexibility index (Phi) is 3.93. The summed E-state index contributed by atoms with van der Waals surface area (Å²) < 4.78 is 4.75. The van der Waals surface area contributed by atoms with Crippen LogP contribution in [0, 0.1) is 5.92 Å². The lowest BCUT2D eigenvalue weighted by atomic mass is 9.81. The van der Waals surface area contributed by atoms with Crippen LogP contribution in [-0.2, 0) is 9.53 Å². The Hall–Kier alpha value is -0.570. The molecule has 1 aliphatic carbocycles. The minimum absolute atomic E-state index is 0.274. The molecule has 1 saturated carbocycles. The van der Waals surface area contributed by atoms with Gasteiger partial charge >= 0.3 is 5.97 Å². The molecule has 0 spiro atoms. The van der Waals surface area contributed by atoms with Gasteiger partial charge in [-0.2, -0.15) is 0 Å². The van der Waals surface area contributed by atoms with Crippen molar-refractivity contribution >= 4 is 5.97 Å². The van der Waals surface area contributed by atoms with Crippen LogP contribution in [0.5, 0.6) is 0 Å². The third kappa shape index (κ3) is 2.47. The van der Waals surface area contributed by atoms with E-state index in [2.05, 4.69) is 0 Å². The molecule has 3 nitrogen and oxygen atoms in total. The number of ether oxygens (including phenoxy) is 1. The summed E-state index contributed by atoms with van der Waals surface area (Å²) in [5.74, 6) is 0.0156. The summed E-state index contributed by atoms with van der Waals surface area (Å²) in [6, 6.07) is 0. The van der Waals surface area contributed by atoms with Crippen LogP contribution in [0.1, 0.15) is 45.4 Å². The van der Waals surface area contributed by atoms with Crippen molar-refractivity contribution in [2.75, 3.05) is 7.11 Å². The maximum Gasteiger partial charge on any atom is 0.325 e. The molecule has 0 radical (unpaired) electrons. The number of hydrogen-bond acceptors (Lipinski definition) is 3. The molecule has 1 unspecified atom stereocenters. The number of rotatable bonds is 2. The molecular formula is C11H21NO2. The van der Waals surface area contributed by atoms with E-state index < -0.39 is 5.54 Å². The average molecular weight is 199 g/mol. The molecule has 0 bridgehead atoms. The lowest BCUT2D eigenvalue weighted by Crippen LogP contribution is -2.52. The molecule has 1 aliphatic rings. The van der Waals surface area contributed by atoms with E-state index in [1.54, 1.807) is 6.92 Å². The molecule has 14 heavy (non-hydrogen) atoms. The fourth-order valence-electron chi connectivity index (χ4n) is 2.27. The van der Waals surface area contributed by atoms with Crippen molar-refractivity contribution in [3.63, 3.8) is 0 Å². The molecule has 0 saturated heterocycles.